The lowest BCUT2D eigenvalue weighted by molar-refractivity contribution is 0.177. The summed E-state index contributed by atoms with van der Waals surface area (Å²) in [5.41, 5.74) is 0.605. The number of carbonyl (C=O) groups excluding carboxylic acids is 1. The molecule has 1 aromatic carbocycles. The number of methoxy groups -OCH3 is 1. The summed E-state index contributed by atoms with van der Waals surface area (Å²) >= 11 is 0. The third-order valence-electron chi connectivity index (χ3n) is 1.62. The van der Waals surface area contributed by atoms with Gasteiger partial charge in [-0.3, -0.25) is 0 Å². The SMILES string of the molecule is COC(=O)NS(=O)(=O)Cc1ccccc1. The van der Waals surface area contributed by atoms with Crippen molar-refractivity contribution in [3.63, 3.8) is 0 Å². The van der Waals surface area contributed by atoms with Crippen molar-refractivity contribution in [3.8, 4) is 0 Å². The van der Waals surface area contributed by atoms with Crippen LogP contribution in [0.5, 0.6) is 0 Å². The number of rotatable bonds is 3. The molecule has 0 aliphatic rings. The number of hydrogen-bond acceptors (Lipinski definition) is 4. The Morgan fingerprint density at radius 2 is 1.93 bits per heavy atom. The molecule has 15 heavy (non-hydrogen) atoms. The van der Waals surface area contributed by atoms with Crippen molar-refractivity contribution in [3.05, 3.63) is 35.9 Å². The molecular weight excluding hydrogens is 218 g/mol. The summed E-state index contributed by atoms with van der Waals surface area (Å²) in [5.74, 6) is -0.247. The molecule has 1 aromatic rings. The number of nitrogens with one attached hydrogen (secondary N) is 1. The lowest BCUT2D eigenvalue weighted by Crippen LogP contribution is -2.31. The van der Waals surface area contributed by atoms with Gasteiger partial charge in [-0.25, -0.2) is 17.9 Å². The van der Waals surface area contributed by atoms with Gasteiger partial charge in [0.2, 0.25) is 10.0 Å². The van der Waals surface area contributed by atoms with Crippen LogP contribution < -0.4 is 4.72 Å². The minimum absolute atomic E-state index is 0.247. The second-order valence-corrected chi connectivity index (χ2v) is 4.56. The molecule has 0 saturated heterocycles. The van der Waals surface area contributed by atoms with Gasteiger partial charge in [0.1, 0.15) is 0 Å². The van der Waals surface area contributed by atoms with Gasteiger partial charge in [0.05, 0.1) is 12.9 Å². The van der Waals surface area contributed by atoms with E-state index in [1.54, 1.807) is 35.1 Å². The van der Waals surface area contributed by atoms with Crippen LogP contribution in [0.2, 0.25) is 0 Å². The van der Waals surface area contributed by atoms with Gasteiger partial charge in [0.25, 0.3) is 0 Å². The first-order chi connectivity index (χ1) is 7.03. The Hall–Kier alpha value is -1.56. The van der Waals surface area contributed by atoms with Crippen molar-refractivity contribution in [2.75, 3.05) is 7.11 Å². The second-order valence-electron chi connectivity index (χ2n) is 2.84. The number of amides is 1. The maximum absolute atomic E-state index is 11.4. The summed E-state index contributed by atoms with van der Waals surface area (Å²) in [4.78, 5) is 10.7. The highest BCUT2D eigenvalue weighted by molar-refractivity contribution is 7.89. The topological polar surface area (TPSA) is 72.5 Å². The fourth-order valence-electron chi connectivity index (χ4n) is 0.998. The predicted octanol–water partition coefficient (Wildman–Crippen LogP) is 0.872. The van der Waals surface area contributed by atoms with Crippen LogP contribution in [-0.4, -0.2) is 21.6 Å². The molecule has 0 spiro atoms. The average molecular weight is 229 g/mol. The summed E-state index contributed by atoms with van der Waals surface area (Å²) in [6, 6.07) is 8.56. The van der Waals surface area contributed by atoms with Gasteiger partial charge in [0.15, 0.2) is 0 Å². The highest BCUT2D eigenvalue weighted by Crippen LogP contribution is 2.03. The van der Waals surface area contributed by atoms with Crippen molar-refractivity contribution in [1.29, 1.82) is 0 Å². The van der Waals surface area contributed by atoms with E-state index in [4.69, 9.17) is 0 Å². The lowest BCUT2D eigenvalue weighted by atomic mass is 10.2. The fourth-order valence-corrected chi connectivity index (χ4v) is 2.04. The van der Waals surface area contributed by atoms with Crippen LogP contribution >= 0.6 is 0 Å². The molecule has 1 amide bonds. The van der Waals surface area contributed by atoms with Crippen LogP contribution in [0.15, 0.2) is 30.3 Å². The Morgan fingerprint density at radius 3 is 2.47 bits per heavy atom. The number of hydrogen-bond donors (Lipinski definition) is 1. The zero-order valence-electron chi connectivity index (χ0n) is 8.14. The molecular formula is C9H11NO4S. The maximum Gasteiger partial charge on any atom is 0.420 e. The van der Waals surface area contributed by atoms with E-state index in [-0.39, 0.29) is 5.75 Å². The Labute approximate surface area is 88.1 Å². The van der Waals surface area contributed by atoms with Crippen LogP contribution in [-0.2, 0) is 20.5 Å². The van der Waals surface area contributed by atoms with E-state index in [9.17, 15) is 13.2 Å². The number of carbonyl (C=O) groups is 1. The fraction of sp³-hybridized carbons (Fsp3) is 0.222. The molecule has 0 fully saturated rings. The van der Waals surface area contributed by atoms with Crippen molar-refractivity contribution >= 4 is 16.1 Å². The summed E-state index contributed by atoms with van der Waals surface area (Å²) < 4.78 is 28.7. The highest BCUT2D eigenvalue weighted by Gasteiger charge is 2.14. The molecule has 0 unspecified atom stereocenters. The van der Waals surface area contributed by atoms with Crippen molar-refractivity contribution in [2.24, 2.45) is 0 Å². The molecule has 0 bridgehead atoms. The third-order valence-corrected chi connectivity index (χ3v) is 2.81. The van der Waals surface area contributed by atoms with Crippen LogP contribution in [0.3, 0.4) is 0 Å². The first-order valence-electron chi connectivity index (χ1n) is 4.16. The molecule has 0 radical (unpaired) electrons. The van der Waals surface area contributed by atoms with E-state index in [1.165, 1.54) is 0 Å². The van der Waals surface area contributed by atoms with E-state index in [1.807, 2.05) is 0 Å². The van der Waals surface area contributed by atoms with E-state index >= 15 is 0 Å². The Kier molecular flexibility index (Phi) is 3.68. The summed E-state index contributed by atoms with van der Waals surface area (Å²) in [5, 5.41) is 0. The van der Waals surface area contributed by atoms with Crippen molar-refractivity contribution in [2.45, 2.75) is 5.75 Å². The highest BCUT2D eigenvalue weighted by atomic mass is 32.2. The molecule has 0 atom stereocenters. The van der Waals surface area contributed by atoms with Gasteiger partial charge >= 0.3 is 6.09 Å². The Bertz CT molecular complexity index is 427. The molecule has 0 aliphatic heterocycles. The zero-order valence-corrected chi connectivity index (χ0v) is 8.95. The molecule has 1 rings (SSSR count). The van der Waals surface area contributed by atoms with Crippen molar-refractivity contribution < 1.29 is 17.9 Å². The minimum Gasteiger partial charge on any atom is -0.452 e. The molecule has 5 nitrogen and oxygen atoms in total. The second kappa shape index (κ2) is 4.79. The lowest BCUT2D eigenvalue weighted by Gasteiger charge is -2.05. The molecule has 0 aromatic heterocycles. The van der Waals surface area contributed by atoms with E-state index < -0.39 is 16.1 Å². The normalized spacial score (nSPS) is 10.7. The number of benzene rings is 1. The smallest absolute Gasteiger partial charge is 0.420 e. The largest absolute Gasteiger partial charge is 0.452 e. The van der Waals surface area contributed by atoms with Crippen LogP contribution in [0.4, 0.5) is 4.79 Å². The van der Waals surface area contributed by atoms with Gasteiger partial charge in [-0.05, 0) is 5.56 Å². The van der Waals surface area contributed by atoms with E-state index in [0.717, 1.165) is 7.11 Å². The zero-order chi connectivity index (χ0) is 11.3. The molecule has 0 saturated carbocycles. The molecule has 82 valence electrons. The van der Waals surface area contributed by atoms with E-state index in [2.05, 4.69) is 4.74 Å². The van der Waals surface area contributed by atoms with Gasteiger partial charge in [-0.15, -0.1) is 0 Å². The third kappa shape index (κ3) is 3.99. The molecule has 6 heteroatoms. The average Bonchev–Trinajstić information content (AvgIpc) is 2.17. The summed E-state index contributed by atoms with van der Waals surface area (Å²) in [6.07, 6.45) is -0.981. The molecule has 0 aliphatic carbocycles. The van der Waals surface area contributed by atoms with Crippen LogP contribution in [0.1, 0.15) is 5.56 Å². The van der Waals surface area contributed by atoms with Crippen molar-refractivity contribution in [1.82, 2.24) is 4.72 Å². The monoisotopic (exact) mass is 229 g/mol. The van der Waals surface area contributed by atoms with Gasteiger partial charge in [-0.2, -0.15) is 0 Å². The summed E-state index contributed by atoms with van der Waals surface area (Å²) in [6.45, 7) is 0. The Morgan fingerprint density at radius 1 is 1.33 bits per heavy atom. The van der Waals surface area contributed by atoms with Crippen LogP contribution in [0, 0.1) is 0 Å². The van der Waals surface area contributed by atoms with Crippen LogP contribution in [0.25, 0.3) is 0 Å². The molecule has 1 N–H and O–H groups in total. The number of ether oxygens (including phenoxy) is 1. The van der Waals surface area contributed by atoms with E-state index in [0.29, 0.717) is 5.56 Å². The molecule has 0 heterocycles. The maximum atomic E-state index is 11.4. The first-order valence-corrected chi connectivity index (χ1v) is 5.81. The van der Waals surface area contributed by atoms with Gasteiger partial charge < -0.3 is 4.74 Å². The summed E-state index contributed by atoms with van der Waals surface area (Å²) in [7, 11) is -2.57. The quantitative estimate of drug-likeness (QED) is 0.834. The minimum atomic E-state index is -3.67. The van der Waals surface area contributed by atoms with Gasteiger partial charge in [0, 0.05) is 0 Å². The van der Waals surface area contributed by atoms with Gasteiger partial charge in [-0.1, -0.05) is 30.3 Å². The standard InChI is InChI=1S/C9H11NO4S/c1-14-9(11)10-15(12,13)7-8-5-3-2-4-6-8/h2-6H,7H2,1H3,(H,10,11). The number of sulfonamides is 1. The Balaban J connectivity index is 2.69. The predicted molar refractivity (Wildman–Crippen MR) is 54.6 cm³/mol. The first kappa shape index (κ1) is 11.5.